The van der Waals surface area contributed by atoms with E-state index in [1.807, 2.05) is 16.7 Å². The number of carbonyl (C=O) groups excluding carboxylic acids is 1. The lowest BCUT2D eigenvalue weighted by Crippen LogP contribution is -2.34. The summed E-state index contributed by atoms with van der Waals surface area (Å²) in [5.74, 6) is 1.23. The van der Waals surface area contributed by atoms with Crippen molar-refractivity contribution in [3.8, 4) is 0 Å². The molecule has 2 heterocycles. The second kappa shape index (κ2) is 5.71. The van der Waals surface area contributed by atoms with Crippen LogP contribution in [0.2, 0.25) is 0 Å². The molecule has 0 atom stereocenters. The molecule has 0 bridgehead atoms. The SMILES string of the molecule is CC1(C)CCN(C(=O)c2cc(Br)cnc2N)CCS1. The molecule has 4 nitrogen and oxygen atoms in total. The zero-order valence-corrected chi connectivity index (χ0v) is 13.6. The third-order valence-electron chi connectivity index (χ3n) is 3.24. The number of nitrogen functional groups attached to an aromatic ring is 1. The molecule has 2 N–H and O–H groups in total. The van der Waals surface area contributed by atoms with Gasteiger partial charge in [-0.05, 0) is 28.4 Å². The number of hydrogen-bond donors (Lipinski definition) is 1. The molecule has 0 unspecified atom stereocenters. The first-order valence-corrected chi connectivity index (χ1v) is 8.01. The molecule has 19 heavy (non-hydrogen) atoms. The number of nitrogens with zero attached hydrogens (tertiary/aromatic N) is 2. The van der Waals surface area contributed by atoms with Crippen LogP contribution in [-0.4, -0.2) is 39.4 Å². The van der Waals surface area contributed by atoms with E-state index < -0.39 is 0 Å². The summed E-state index contributed by atoms with van der Waals surface area (Å²) in [6.07, 6.45) is 2.60. The zero-order valence-electron chi connectivity index (χ0n) is 11.1. The monoisotopic (exact) mass is 343 g/mol. The Morgan fingerprint density at radius 2 is 2.26 bits per heavy atom. The summed E-state index contributed by atoms with van der Waals surface area (Å²) in [5.41, 5.74) is 6.29. The van der Waals surface area contributed by atoms with E-state index >= 15 is 0 Å². The maximum atomic E-state index is 12.5. The largest absolute Gasteiger partial charge is 0.383 e. The van der Waals surface area contributed by atoms with E-state index in [0.29, 0.717) is 11.4 Å². The Hall–Kier alpha value is -0.750. The van der Waals surface area contributed by atoms with Gasteiger partial charge in [-0.1, -0.05) is 13.8 Å². The maximum absolute atomic E-state index is 12.5. The summed E-state index contributed by atoms with van der Waals surface area (Å²) in [6, 6.07) is 1.74. The molecule has 1 aromatic rings. The van der Waals surface area contributed by atoms with Crippen molar-refractivity contribution < 1.29 is 4.79 Å². The fraction of sp³-hybridized carbons (Fsp3) is 0.538. The van der Waals surface area contributed by atoms with E-state index in [-0.39, 0.29) is 10.7 Å². The van der Waals surface area contributed by atoms with Gasteiger partial charge < -0.3 is 10.6 Å². The standard InChI is InChI=1S/C13H18BrN3OS/c1-13(2)3-4-17(5-6-19-13)12(18)10-7-9(14)8-16-11(10)15/h7-8H,3-6H2,1-2H3,(H2,15,16). The molecule has 0 aliphatic carbocycles. The summed E-state index contributed by atoms with van der Waals surface area (Å²) in [6.45, 7) is 5.98. The molecule has 1 aromatic heterocycles. The quantitative estimate of drug-likeness (QED) is 0.851. The van der Waals surface area contributed by atoms with Crippen molar-refractivity contribution in [3.05, 3.63) is 22.3 Å². The van der Waals surface area contributed by atoms with Crippen LogP contribution < -0.4 is 5.73 Å². The molecule has 1 amide bonds. The van der Waals surface area contributed by atoms with Gasteiger partial charge in [-0.2, -0.15) is 11.8 Å². The third-order valence-corrected chi connectivity index (χ3v) is 5.05. The highest BCUT2D eigenvalue weighted by Crippen LogP contribution is 2.31. The third kappa shape index (κ3) is 3.63. The molecular formula is C13H18BrN3OS. The molecule has 1 aliphatic rings. The number of rotatable bonds is 1. The van der Waals surface area contributed by atoms with Crippen LogP contribution in [0, 0.1) is 0 Å². The Balaban J connectivity index is 2.17. The normalized spacial score (nSPS) is 19.0. The predicted octanol–water partition coefficient (Wildman–Crippen LogP) is 2.78. The zero-order chi connectivity index (χ0) is 14.0. The first-order valence-electron chi connectivity index (χ1n) is 6.23. The minimum atomic E-state index is -0.0235. The van der Waals surface area contributed by atoms with Crippen molar-refractivity contribution in [1.29, 1.82) is 0 Å². The van der Waals surface area contributed by atoms with Gasteiger partial charge in [-0.25, -0.2) is 4.98 Å². The highest BCUT2D eigenvalue weighted by atomic mass is 79.9. The second-order valence-electron chi connectivity index (χ2n) is 5.24. The predicted molar refractivity (Wildman–Crippen MR) is 83.4 cm³/mol. The van der Waals surface area contributed by atoms with E-state index in [2.05, 4.69) is 34.8 Å². The summed E-state index contributed by atoms with van der Waals surface area (Å²) < 4.78 is 1.00. The van der Waals surface area contributed by atoms with Crippen molar-refractivity contribution in [3.63, 3.8) is 0 Å². The Kier molecular flexibility index (Phi) is 4.40. The van der Waals surface area contributed by atoms with Crippen molar-refractivity contribution in [2.45, 2.75) is 25.0 Å². The van der Waals surface area contributed by atoms with Gasteiger partial charge in [0, 0.05) is 34.3 Å². The molecule has 1 saturated heterocycles. The first-order chi connectivity index (χ1) is 8.89. The van der Waals surface area contributed by atoms with Crippen molar-refractivity contribution in [1.82, 2.24) is 9.88 Å². The van der Waals surface area contributed by atoms with Crippen LogP contribution in [0.5, 0.6) is 0 Å². The molecule has 0 saturated carbocycles. The van der Waals surface area contributed by atoms with E-state index in [1.165, 1.54) is 0 Å². The van der Waals surface area contributed by atoms with Gasteiger partial charge in [0.25, 0.3) is 5.91 Å². The van der Waals surface area contributed by atoms with Gasteiger partial charge in [-0.3, -0.25) is 4.79 Å². The van der Waals surface area contributed by atoms with Gasteiger partial charge in [0.15, 0.2) is 0 Å². The molecule has 0 aromatic carbocycles. The van der Waals surface area contributed by atoms with E-state index in [9.17, 15) is 4.79 Å². The number of aromatic nitrogens is 1. The molecule has 1 fully saturated rings. The van der Waals surface area contributed by atoms with Gasteiger partial charge in [0.1, 0.15) is 5.82 Å². The van der Waals surface area contributed by atoms with Crippen LogP contribution in [0.4, 0.5) is 5.82 Å². The summed E-state index contributed by atoms with van der Waals surface area (Å²) in [7, 11) is 0. The average Bonchev–Trinajstić information content (AvgIpc) is 2.52. The molecule has 2 rings (SSSR count). The Labute approximate surface area is 126 Å². The fourth-order valence-corrected chi connectivity index (χ4v) is 3.45. The number of anilines is 1. The Morgan fingerprint density at radius 1 is 1.53 bits per heavy atom. The minimum Gasteiger partial charge on any atom is -0.383 e. The Morgan fingerprint density at radius 3 is 3.00 bits per heavy atom. The molecule has 1 aliphatic heterocycles. The van der Waals surface area contributed by atoms with E-state index in [0.717, 1.165) is 29.7 Å². The van der Waals surface area contributed by atoms with Crippen LogP contribution in [0.1, 0.15) is 30.6 Å². The first kappa shape index (κ1) is 14.7. The van der Waals surface area contributed by atoms with Crippen LogP contribution in [0.3, 0.4) is 0 Å². The number of thioether (sulfide) groups is 1. The topological polar surface area (TPSA) is 59.2 Å². The van der Waals surface area contributed by atoms with E-state index in [1.54, 1.807) is 12.3 Å². The highest BCUT2D eigenvalue weighted by molar-refractivity contribution is 9.10. The van der Waals surface area contributed by atoms with Gasteiger partial charge in [-0.15, -0.1) is 0 Å². The van der Waals surface area contributed by atoms with Crippen molar-refractivity contribution in [2.24, 2.45) is 0 Å². The average molecular weight is 344 g/mol. The van der Waals surface area contributed by atoms with Crippen molar-refractivity contribution in [2.75, 3.05) is 24.6 Å². The highest BCUT2D eigenvalue weighted by Gasteiger charge is 2.27. The minimum absolute atomic E-state index is 0.0235. The molecule has 0 spiro atoms. The Bertz CT molecular complexity index is 493. The lowest BCUT2D eigenvalue weighted by Gasteiger charge is -2.23. The molecular weight excluding hydrogens is 326 g/mol. The van der Waals surface area contributed by atoms with Gasteiger partial charge >= 0.3 is 0 Å². The molecule has 104 valence electrons. The number of nitrogens with two attached hydrogens (primary N) is 1. The van der Waals surface area contributed by atoms with Crippen molar-refractivity contribution >= 4 is 39.4 Å². The fourth-order valence-electron chi connectivity index (χ4n) is 2.01. The van der Waals surface area contributed by atoms with Gasteiger partial charge in [0.2, 0.25) is 0 Å². The smallest absolute Gasteiger partial charge is 0.257 e. The maximum Gasteiger partial charge on any atom is 0.257 e. The summed E-state index contributed by atoms with van der Waals surface area (Å²) in [5, 5.41) is 0. The van der Waals surface area contributed by atoms with Crippen LogP contribution >= 0.6 is 27.7 Å². The van der Waals surface area contributed by atoms with Crippen LogP contribution in [-0.2, 0) is 0 Å². The number of carbonyl (C=O) groups is 1. The van der Waals surface area contributed by atoms with Crippen LogP contribution in [0.25, 0.3) is 0 Å². The summed E-state index contributed by atoms with van der Waals surface area (Å²) >= 11 is 5.24. The number of amides is 1. The van der Waals surface area contributed by atoms with E-state index in [4.69, 9.17) is 5.73 Å². The lowest BCUT2D eigenvalue weighted by atomic mass is 10.1. The van der Waals surface area contributed by atoms with Gasteiger partial charge in [0.05, 0.1) is 5.56 Å². The summed E-state index contributed by atoms with van der Waals surface area (Å²) in [4.78, 5) is 18.4. The molecule has 0 radical (unpaired) electrons. The molecule has 6 heteroatoms. The number of pyridine rings is 1. The number of halogens is 1. The lowest BCUT2D eigenvalue weighted by molar-refractivity contribution is 0.0765. The number of hydrogen-bond acceptors (Lipinski definition) is 4. The van der Waals surface area contributed by atoms with Crippen LogP contribution in [0.15, 0.2) is 16.7 Å². The second-order valence-corrected chi connectivity index (χ2v) is 7.95.